The Morgan fingerprint density at radius 3 is 2.03 bits per heavy atom. The topological polar surface area (TPSA) is 27.7 Å². The van der Waals surface area contributed by atoms with E-state index in [1.54, 1.807) is 14.2 Å². The molecule has 1 heterocycles. The lowest BCUT2D eigenvalue weighted by Gasteiger charge is -2.43. The van der Waals surface area contributed by atoms with Crippen molar-refractivity contribution < 1.29 is 13.9 Å². The van der Waals surface area contributed by atoms with Crippen LogP contribution in [0.5, 0.6) is 11.5 Å². The number of methoxy groups -OCH3 is 2. The minimum absolute atomic E-state index is 0.0999. The van der Waals surface area contributed by atoms with Crippen molar-refractivity contribution in [1.82, 2.24) is 0 Å². The molecule has 3 rings (SSSR count). The van der Waals surface area contributed by atoms with Crippen LogP contribution in [0.15, 0.2) is 47.4 Å². The van der Waals surface area contributed by atoms with Crippen LogP contribution in [0.25, 0.3) is 0 Å². The molecule has 2 aromatic carbocycles. The summed E-state index contributed by atoms with van der Waals surface area (Å²) in [6.07, 6.45) is 10.3. The summed E-state index contributed by atoms with van der Waals surface area (Å²) in [5, 5.41) is 0.306. The number of thioether (sulfide) groups is 1. The van der Waals surface area contributed by atoms with Crippen molar-refractivity contribution >= 4 is 20.1 Å². The molecule has 0 saturated carbocycles. The smallest absolute Gasteiger partial charge is 0.191 e. The first-order valence-corrected chi connectivity index (χ1v) is 18.5. The molecular weight excluding hydrogens is 505 g/mol. The van der Waals surface area contributed by atoms with Crippen molar-refractivity contribution in [3.05, 3.63) is 53.6 Å². The Morgan fingerprint density at radius 2 is 1.42 bits per heavy atom. The van der Waals surface area contributed by atoms with Gasteiger partial charge in [0.1, 0.15) is 11.5 Å². The number of ether oxygens (including phenoxy) is 2. The largest absolute Gasteiger partial charge is 0.497 e. The Hall–Kier alpha value is -1.43. The third-order valence-corrected chi connectivity index (χ3v) is 15.0. The molecule has 0 amide bonds. The zero-order chi connectivity index (χ0) is 27.8. The van der Waals surface area contributed by atoms with Gasteiger partial charge in [-0.3, -0.25) is 0 Å². The molecule has 2 unspecified atom stereocenters. The summed E-state index contributed by atoms with van der Waals surface area (Å²) in [4.78, 5) is 1.39. The van der Waals surface area contributed by atoms with Crippen molar-refractivity contribution in [2.45, 2.75) is 113 Å². The minimum Gasteiger partial charge on any atom is -0.497 e. The third-order valence-electron chi connectivity index (χ3n) is 9.05. The van der Waals surface area contributed by atoms with Gasteiger partial charge in [0.05, 0.1) is 14.2 Å². The van der Waals surface area contributed by atoms with Crippen molar-refractivity contribution in [3.8, 4) is 11.5 Å². The SMILES string of the molecule is COc1ccc(C2(C)CSc3cc(OC)ccc3C2CCCCCCCCCO[Si](C)(C)C(C)(C)C)cc1. The van der Waals surface area contributed by atoms with Gasteiger partial charge in [-0.1, -0.05) is 84.4 Å². The normalized spacial score (nSPS) is 19.7. The Kier molecular flexibility index (Phi) is 11.3. The zero-order valence-electron chi connectivity index (χ0n) is 25.3. The van der Waals surface area contributed by atoms with Crippen LogP contribution < -0.4 is 9.47 Å². The lowest BCUT2D eigenvalue weighted by Crippen LogP contribution is -2.40. The van der Waals surface area contributed by atoms with Gasteiger partial charge in [-0.25, -0.2) is 0 Å². The summed E-state index contributed by atoms with van der Waals surface area (Å²) in [5.41, 5.74) is 3.00. The van der Waals surface area contributed by atoms with Gasteiger partial charge in [0.25, 0.3) is 0 Å². The summed E-state index contributed by atoms with van der Waals surface area (Å²) < 4.78 is 17.3. The second-order valence-electron chi connectivity index (χ2n) is 12.8. The van der Waals surface area contributed by atoms with Crippen LogP contribution in [0.3, 0.4) is 0 Å². The first-order valence-electron chi connectivity index (χ1n) is 14.6. The van der Waals surface area contributed by atoms with E-state index in [0.29, 0.717) is 11.0 Å². The molecule has 0 fully saturated rings. The van der Waals surface area contributed by atoms with E-state index in [2.05, 4.69) is 83.3 Å². The van der Waals surface area contributed by atoms with E-state index in [0.717, 1.165) is 23.9 Å². The van der Waals surface area contributed by atoms with Crippen molar-refractivity contribution in [1.29, 1.82) is 0 Å². The number of rotatable bonds is 14. The van der Waals surface area contributed by atoms with Gasteiger partial charge in [-0.15, -0.1) is 11.8 Å². The fourth-order valence-corrected chi connectivity index (χ4v) is 7.82. The van der Waals surface area contributed by atoms with Crippen molar-refractivity contribution in [2.24, 2.45) is 0 Å². The monoisotopic (exact) mass is 556 g/mol. The molecule has 2 atom stereocenters. The fraction of sp³-hybridized carbons (Fsp3) is 0.636. The van der Waals surface area contributed by atoms with Gasteiger partial charge in [0, 0.05) is 22.7 Å². The number of fused-ring (bicyclic) bond motifs is 1. The fourth-order valence-electron chi connectivity index (χ4n) is 5.33. The van der Waals surface area contributed by atoms with E-state index in [-0.39, 0.29) is 5.41 Å². The maximum atomic E-state index is 6.34. The predicted octanol–water partition coefficient (Wildman–Crippen LogP) is 9.99. The quantitative estimate of drug-likeness (QED) is 0.171. The maximum absolute atomic E-state index is 6.34. The Labute approximate surface area is 238 Å². The van der Waals surface area contributed by atoms with Crippen LogP contribution in [0.4, 0.5) is 0 Å². The third kappa shape index (κ3) is 7.82. The number of unbranched alkanes of at least 4 members (excludes halogenated alkanes) is 6. The molecule has 0 spiro atoms. The highest BCUT2D eigenvalue weighted by Crippen LogP contribution is 2.52. The van der Waals surface area contributed by atoms with Crippen LogP contribution in [-0.2, 0) is 9.84 Å². The van der Waals surface area contributed by atoms with Gasteiger partial charge in [-0.2, -0.15) is 0 Å². The van der Waals surface area contributed by atoms with E-state index < -0.39 is 8.32 Å². The van der Waals surface area contributed by atoms with Gasteiger partial charge >= 0.3 is 0 Å². The van der Waals surface area contributed by atoms with Crippen LogP contribution in [-0.4, -0.2) is 34.9 Å². The maximum Gasteiger partial charge on any atom is 0.191 e. The average Bonchev–Trinajstić information content (AvgIpc) is 2.89. The summed E-state index contributed by atoms with van der Waals surface area (Å²) in [7, 11) is 1.90. The van der Waals surface area contributed by atoms with Gasteiger partial charge in [-0.05, 0) is 72.3 Å². The highest BCUT2D eigenvalue weighted by molar-refractivity contribution is 7.99. The van der Waals surface area contributed by atoms with E-state index in [1.807, 2.05) is 11.8 Å². The minimum atomic E-state index is -1.59. The summed E-state index contributed by atoms with van der Waals surface area (Å²) in [5.74, 6) is 3.47. The Balaban J connectivity index is 1.51. The second kappa shape index (κ2) is 13.8. The molecule has 0 N–H and O–H groups in total. The lowest BCUT2D eigenvalue weighted by atomic mass is 9.68. The lowest BCUT2D eigenvalue weighted by molar-refractivity contribution is 0.277. The van der Waals surface area contributed by atoms with Crippen LogP contribution in [0.2, 0.25) is 18.1 Å². The molecule has 0 saturated heterocycles. The van der Waals surface area contributed by atoms with E-state index in [1.165, 1.54) is 67.4 Å². The Morgan fingerprint density at radius 1 is 0.842 bits per heavy atom. The molecule has 0 aromatic heterocycles. The molecule has 0 aliphatic carbocycles. The van der Waals surface area contributed by atoms with Crippen LogP contribution in [0.1, 0.15) is 96.1 Å². The summed E-state index contributed by atoms with van der Waals surface area (Å²) >= 11 is 1.97. The van der Waals surface area contributed by atoms with E-state index in [9.17, 15) is 0 Å². The van der Waals surface area contributed by atoms with Crippen molar-refractivity contribution in [2.75, 3.05) is 26.6 Å². The molecule has 38 heavy (non-hydrogen) atoms. The Bertz CT molecular complexity index is 998. The standard InChI is InChI=1S/C33H52O3SSi/c1-32(2,3)38(7,8)36-23-15-13-11-9-10-12-14-16-30-29-22-21-28(35-6)24-31(29)37-25-33(30,4)26-17-19-27(34-5)20-18-26/h17-22,24,30H,9-16,23,25H2,1-8H3. The van der Waals surface area contributed by atoms with Crippen LogP contribution >= 0.6 is 11.8 Å². The predicted molar refractivity (Wildman–Crippen MR) is 167 cm³/mol. The number of hydrogen-bond acceptors (Lipinski definition) is 4. The molecule has 2 aromatic rings. The molecule has 0 radical (unpaired) electrons. The molecule has 1 aliphatic heterocycles. The highest BCUT2D eigenvalue weighted by atomic mass is 32.2. The summed E-state index contributed by atoms with van der Waals surface area (Å²) in [6.45, 7) is 15.1. The summed E-state index contributed by atoms with van der Waals surface area (Å²) in [6, 6.07) is 15.5. The van der Waals surface area contributed by atoms with Gasteiger partial charge in [0.15, 0.2) is 8.32 Å². The number of hydrogen-bond donors (Lipinski definition) is 0. The van der Waals surface area contributed by atoms with Gasteiger partial charge in [0.2, 0.25) is 0 Å². The van der Waals surface area contributed by atoms with Crippen LogP contribution in [0, 0.1) is 0 Å². The first-order chi connectivity index (χ1) is 18.0. The van der Waals surface area contributed by atoms with Crippen molar-refractivity contribution in [3.63, 3.8) is 0 Å². The molecule has 3 nitrogen and oxygen atoms in total. The van der Waals surface area contributed by atoms with E-state index >= 15 is 0 Å². The van der Waals surface area contributed by atoms with Gasteiger partial charge < -0.3 is 13.9 Å². The number of benzene rings is 2. The molecule has 5 heteroatoms. The molecule has 212 valence electrons. The first kappa shape index (κ1) is 31.1. The highest BCUT2D eigenvalue weighted by Gasteiger charge is 2.41. The molecule has 1 aliphatic rings. The second-order valence-corrected chi connectivity index (χ2v) is 18.6. The molecule has 0 bridgehead atoms. The molecular formula is C33H52O3SSi. The zero-order valence-corrected chi connectivity index (χ0v) is 27.1. The van der Waals surface area contributed by atoms with E-state index in [4.69, 9.17) is 13.9 Å². The average molecular weight is 557 g/mol.